The molecule has 2 aromatic rings. The number of amides is 1. The number of hydrogen-bond acceptors (Lipinski definition) is 4. The summed E-state index contributed by atoms with van der Waals surface area (Å²) in [5, 5.41) is 0. The fourth-order valence-corrected chi connectivity index (χ4v) is 4.98. The molecule has 5 nitrogen and oxygen atoms in total. The Kier molecular flexibility index (Phi) is 5.32. The van der Waals surface area contributed by atoms with E-state index in [2.05, 4.69) is 0 Å². The third-order valence-corrected chi connectivity index (χ3v) is 6.47. The largest absolute Gasteiger partial charge is 0.496 e. The standard InChI is InChI=1S/C20H23NO4S/c1-15-7-9-16(10-8-15)13-21(17-11-12-26(23,24)14-17)20(22)18-5-3-4-6-19(18)25-2/h3-10,17H,11-14H2,1-2H3. The number of carbonyl (C=O) groups excluding carboxylic acids is 1. The number of aryl methyl sites for hydroxylation is 1. The van der Waals surface area contributed by atoms with Gasteiger partial charge in [-0.15, -0.1) is 0 Å². The summed E-state index contributed by atoms with van der Waals surface area (Å²) < 4.78 is 29.2. The molecule has 1 heterocycles. The Labute approximate surface area is 154 Å². The van der Waals surface area contributed by atoms with Crippen molar-refractivity contribution < 1.29 is 17.9 Å². The van der Waals surface area contributed by atoms with Gasteiger partial charge in [0.2, 0.25) is 0 Å². The van der Waals surface area contributed by atoms with Gasteiger partial charge in [0.15, 0.2) is 9.84 Å². The first-order valence-corrected chi connectivity index (χ1v) is 10.4. The van der Waals surface area contributed by atoms with Crippen LogP contribution in [0.1, 0.15) is 27.9 Å². The van der Waals surface area contributed by atoms with E-state index in [0.717, 1.165) is 11.1 Å². The van der Waals surface area contributed by atoms with Gasteiger partial charge < -0.3 is 9.64 Å². The summed E-state index contributed by atoms with van der Waals surface area (Å²) >= 11 is 0. The second-order valence-electron chi connectivity index (χ2n) is 6.68. The van der Waals surface area contributed by atoms with Gasteiger partial charge in [0.25, 0.3) is 5.91 Å². The third-order valence-electron chi connectivity index (χ3n) is 4.72. The van der Waals surface area contributed by atoms with Crippen molar-refractivity contribution in [2.45, 2.75) is 25.9 Å². The van der Waals surface area contributed by atoms with Crippen LogP contribution in [0.15, 0.2) is 48.5 Å². The van der Waals surface area contributed by atoms with Gasteiger partial charge in [0, 0.05) is 12.6 Å². The van der Waals surface area contributed by atoms with Crippen molar-refractivity contribution >= 4 is 15.7 Å². The van der Waals surface area contributed by atoms with Gasteiger partial charge in [-0.25, -0.2) is 8.42 Å². The molecule has 3 rings (SSSR count). The van der Waals surface area contributed by atoms with Gasteiger partial charge in [-0.1, -0.05) is 42.0 Å². The molecule has 1 aliphatic rings. The lowest BCUT2D eigenvalue weighted by Crippen LogP contribution is -2.40. The molecule has 6 heteroatoms. The molecule has 0 aliphatic carbocycles. The highest BCUT2D eigenvalue weighted by molar-refractivity contribution is 7.91. The molecule has 0 spiro atoms. The predicted molar refractivity (Wildman–Crippen MR) is 101 cm³/mol. The Morgan fingerprint density at radius 3 is 2.46 bits per heavy atom. The van der Waals surface area contributed by atoms with Crippen LogP contribution in [0.3, 0.4) is 0 Å². The van der Waals surface area contributed by atoms with Gasteiger partial charge in [0.1, 0.15) is 5.75 Å². The van der Waals surface area contributed by atoms with Crippen LogP contribution in [-0.4, -0.2) is 43.9 Å². The van der Waals surface area contributed by atoms with E-state index in [4.69, 9.17) is 4.74 Å². The highest BCUT2D eigenvalue weighted by Crippen LogP contribution is 2.26. The first kappa shape index (κ1) is 18.5. The molecule has 0 bridgehead atoms. The number of nitrogens with zero attached hydrogens (tertiary/aromatic N) is 1. The number of benzene rings is 2. The molecule has 1 saturated heterocycles. The van der Waals surface area contributed by atoms with Crippen molar-refractivity contribution in [1.82, 2.24) is 4.90 Å². The number of hydrogen-bond donors (Lipinski definition) is 0. The second-order valence-corrected chi connectivity index (χ2v) is 8.90. The van der Waals surface area contributed by atoms with Crippen LogP contribution in [0.5, 0.6) is 5.75 Å². The Morgan fingerprint density at radius 1 is 1.15 bits per heavy atom. The summed E-state index contributed by atoms with van der Waals surface area (Å²) in [5.41, 5.74) is 2.56. The minimum atomic E-state index is -3.10. The van der Waals surface area contributed by atoms with Crippen LogP contribution in [0.4, 0.5) is 0 Å². The van der Waals surface area contributed by atoms with Gasteiger partial charge >= 0.3 is 0 Å². The number of sulfone groups is 1. The van der Waals surface area contributed by atoms with Crippen LogP contribution >= 0.6 is 0 Å². The van der Waals surface area contributed by atoms with Crippen LogP contribution < -0.4 is 4.74 Å². The van der Waals surface area contributed by atoms with E-state index in [1.165, 1.54) is 7.11 Å². The van der Waals surface area contributed by atoms with E-state index < -0.39 is 9.84 Å². The van der Waals surface area contributed by atoms with Crippen molar-refractivity contribution in [2.24, 2.45) is 0 Å². The summed E-state index contributed by atoms with van der Waals surface area (Å²) in [4.78, 5) is 14.9. The topological polar surface area (TPSA) is 63.7 Å². The minimum Gasteiger partial charge on any atom is -0.496 e. The summed E-state index contributed by atoms with van der Waals surface area (Å²) in [6, 6.07) is 14.7. The lowest BCUT2D eigenvalue weighted by molar-refractivity contribution is 0.0677. The number of carbonyl (C=O) groups is 1. The van der Waals surface area contributed by atoms with Crippen molar-refractivity contribution in [3.05, 3.63) is 65.2 Å². The second kappa shape index (κ2) is 7.50. The number of rotatable bonds is 5. The average Bonchev–Trinajstić information content (AvgIpc) is 3.00. The Balaban J connectivity index is 1.94. The zero-order valence-electron chi connectivity index (χ0n) is 15.0. The fraction of sp³-hybridized carbons (Fsp3) is 0.350. The lowest BCUT2D eigenvalue weighted by atomic mass is 10.1. The molecule has 1 unspecified atom stereocenters. The first-order chi connectivity index (χ1) is 12.4. The van der Waals surface area contributed by atoms with Crippen LogP contribution in [0.25, 0.3) is 0 Å². The van der Waals surface area contributed by atoms with Crippen LogP contribution in [0.2, 0.25) is 0 Å². The Morgan fingerprint density at radius 2 is 1.85 bits per heavy atom. The lowest BCUT2D eigenvalue weighted by Gasteiger charge is -2.29. The molecule has 1 fully saturated rings. The van der Waals surface area contributed by atoms with Crippen LogP contribution in [-0.2, 0) is 16.4 Å². The predicted octanol–water partition coefficient (Wildman–Crippen LogP) is 2.83. The van der Waals surface area contributed by atoms with Gasteiger partial charge in [0.05, 0.1) is 24.2 Å². The van der Waals surface area contributed by atoms with E-state index in [1.807, 2.05) is 31.2 Å². The van der Waals surface area contributed by atoms with E-state index in [0.29, 0.717) is 24.3 Å². The molecule has 0 saturated carbocycles. The fourth-order valence-electron chi connectivity index (χ4n) is 3.25. The number of ether oxygens (including phenoxy) is 1. The highest BCUT2D eigenvalue weighted by Gasteiger charge is 2.35. The third kappa shape index (κ3) is 4.07. The molecule has 26 heavy (non-hydrogen) atoms. The van der Waals surface area contributed by atoms with Crippen molar-refractivity contribution in [1.29, 1.82) is 0 Å². The maximum Gasteiger partial charge on any atom is 0.258 e. The quantitative estimate of drug-likeness (QED) is 0.808. The molecule has 138 valence electrons. The van der Waals surface area contributed by atoms with Crippen molar-refractivity contribution in [3.63, 3.8) is 0 Å². The monoisotopic (exact) mass is 373 g/mol. The van der Waals surface area contributed by atoms with Gasteiger partial charge in [-0.3, -0.25) is 4.79 Å². The van der Waals surface area contributed by atoms with Crippen LogP contribution in [0, 0.1) is 6.92 Å². The first-order valence-electron chi connectivity index (χ1n) is 8.59. The van der Waals surface area contributed by atoms with Crippen molar-refractivity contribution in [2.75, 3.05) is 18.6 Å². The zero-order chi connectivity index (χ0) is 18.7. The summed E-state index contributed by atoms with van der Waals surface area (Å²) in [6.45, 7) is 2.38. The highest BCUT2D eigenvalue weighted by atomic mass is 32.2. The summed E-state index contributed by atoms with van der Waals surface area (Å²) in [7, 11) is -1.57. The molecule has 2 aromatic carbocycles. The maximum atomic E-state index is 13.2. The molecule has 1 amide bonds. The molecular weight excluding hydrogens is 350 g/mol. The molecule has 0 aromatic heterocycles. The molecular formula is C20H23NO4S. The molecule has 0 N–H and O–H groups in total. The van der Waals surface area contributed by atoms with Crippen molar-refractivity contribution in [3.8, 4) is 5.75 Å². The maximum absolute atomic E-state index is 13.2. The SMILES string of the molecule is COc1ccccc1C(=O)N(Cc1ccc(C)cc1)C1CCS(=O)(=O)C1. The number of methoxy groups -OCH3 is 1. The van der Waals surface area contributed by atoms with Gasteiger partial charge in [-0.2, -0.15) is 0 Å². The van der Waals surface area contributed by atoms with E-state index in [1.54, 1.807) is 29.2 Å². The zero-order valence-corrected chi connectivity index (χ0v) is 15.8. The normalized spacial score (nSPS) is 18.5. The van der Waals surface area contributed by atoms with E-state index >= 15 is 0 Å². The van der Waals surface area contributed by atoms with E-state index in [-0.39, 0.29) is 23.5 Å². The smallest absolute Gasteiger partial charge is 0.258 e. The average molecular weight is 373 g/mol. The van der Waals surface area contributed by atoms with Gasteiger partial charge in [-0.05, 0) is 31.0 Å². The molecule has 0 radical (unpaired) electrons. The molecule has 1 aliphatic heterocycles. The van der Waals surface area contributed by atoms with E-state index in [9.17, 15) is 13.2 Å². The number of para-hydroxylation sites is 1. The summed E-state index contributed by atoms with van der Waals surface area (Å²) in [5.74, 6) is 0.429. The summed E-state index contributed by atoms with van der Waals surface area (Å²) in [6.07, 6.45) is 0.467. The Hall–Kier alpha value is -2.34. The molecule has 1 atom stereocenters. The minimum absolute atomic E-state index is 0.0136. The Bertz CT molecular complexity index is 890.